The van der Waals surface area contributed by atoms with Gasteiger partial charge in [0.1, 0.15) is 0 Å². The van der Waals surface area contributed by atoms with Crippen molar-refractivity contribution in [3.63, 3.8) is 0 Å². The maximum Gasteiger partial charge on any atom is 0.00668 e. The molecule has 1 unspecified atom stereocenters. The molecule has 2 aliphatic carbocycles. The molecule has 2 rings (SSSR count). The van der Waals surface area contributed by atoms with Crippen molar-refractivity contribution in [1.82, 2.24) is 5.32 Å². The first-order valence-corrected chi connectivity index (χ1v) is 6.05. The van der Waals surface area contributed by atoms with E-state index in [0.717, 1.165) is 17.9 Å². The Kier molecular flexibility index (Phi) is 3.26. The van der Waals surface area contributed by atoms with E-state index in [9.17, 15) is 0 Å². The Morgan fingerprint density at radius 2 is 1.92 bits per heavy atom. The van der Waals surface area contributed by atoms with Crippen LogP contribution in [0.15, 0.2) is 0 Å². The van der Waals surface area contributed by atoms with Crippen molar-refractivity contribution >= 4 is 0 Å². The lowest BCUT2D eigenvalue weighted by Crippen LogP contribution is -2.30. The van der Waals surface area contributed by atoms with Crippen LogP contribution in [-0.2, 0) is 0 Å². The lowest BCUT2D eigenvalue weighted by Gasteiger charge is -2.29. The molecule has 1 heteroatoms. The third-order valence-electron chi connectivity index (χ3n) is 3.87. The average molecular weight is 181 g/mol. The summed E-state index contributed by atoms with van der Waals surface area (Å²) in [6, 6.07) is 0.825. The molecule has 13 heavy (non-hydrogen) atoms. The lowest BCUT2D eigenvalue weighted by molar-refractivity contribution is 0.256. The fourth-order valence-electron chi connectivity index (χ4n) is 2.35. The standard InChI is InChI=1S/C12H23N/c1-13-12(8-7-10-5-6-10)9-11-3-2-4-11/h10-13H,2-9H2,1H3. The number of hydrogen-bond acceptors (Lipinski definition) is 1. The van der Waals surface area contributed by atoms with Crippen molar-refractivity contribution in [1.29, 1.82) is 0 Å². The van der Waals surface area contributed by atoms with Crippen molar-refractivity contribution in [2.75, 3.05) is 7.05 Å². The van der Waals surface area contributed by atoms with Gasteiger partial charge in [0.05, 0.1) is 0 Å². The van der Waals surface area contributed by atoms with Gasteiger partial charge in [-0.25, -0.2) is 0 Å². The Hall–Kier alpha value is -0.0400. The molecule has 1 atom stereocenters. The van der Waals surface area contributed by atoms with Gasteiger partial charge in [0.25, 0.3) is 0 Å². The molecule has 1 N–H and O–H groups in total. The van der Waals surface area contributed by atoms with E-state index in [4.69, 9.17) is 0 Å². The van der Waals surface area contributed by atoms with E-state index in [1.807, 2.05) is 0 Å². The van der Waals surface area contributed by atoms with Gasteiger partial charge in [-0.15, -0.1) is 0 Å². The van der Waals surface area contributed by atoms with Crippen LogP contribution < -0.4 is 5.32 Å². The van der Waals surface area contributed by atoms with Gasteiger partial charge in [-0.05, 0) is 38.1 Å². The fourth-order valence-corrected chi connectivity index (χ4v) is 2.35. The summed E-state index contributed by atoms with van der Waals surface area (Å²) >= 11 is 0. The first-order chi connectivity index (χ1) is 6.38. The summed E-state index contributed by atoms with van der Waals surface area (Å²) in [5.74, 6) is 2.17. The fraction of sp³-hybridized carbons (Fsp3) is 1.00. The highest BCUT2D eigenvalue weighted by molar-refractivity contribution is 4.80. The van der Waals surface area contributed by atoms with E-state index in [1.165, 1.54) is 51.4 Å². The summed E-state index contributed by atoms with van der Waals surface area (Å²) in [5.41, 5.74) is 0. The highest BCUT2D eigenvalue weighted by atomic mass is 14.9. The Morgan fingerprint density at radius 3 is 2.38 bits per heavy atom. The summed E-state index contributed by atoms with van der Waals surface area (Å²) in [7, 11) is 2.14. The molecule has 0 bridgehead atoms. The first kappa shape index (κ1) is 9.51. The van der Waals surface area contributed by atoms with Crippen molar-refractivity contribution in [2.24, 2.45) is 11.8 Å². The molecule has 76 valence electrons. The van der Waals surface area contributed by atoms with Crippen LogP contribution in [0, 0.1) is 11.8 Å². The Balaban J connectivity index is 1.59. The van der Waals surface area contributed by atoms with Crippen molar-refractivity contribution in [3.05, 3.63) is 0 Å². The molecular formula is C12H23N. The van der Waals surface area contributed by atoms with E-state index >= 15 is 0 Å². The van der Waals surface area contributed by atoms with Crippen LogP contribution in [0.4, 0.5) is 0 Å². The summed E-state index contributed by atoms with van der Waals surface area (Å²) < 4.78 is 0. The van der Waals surface area contributed by atoms with Gasteiger partial charge in [0.2, 0.25) is 0 Å². The van der Waals surface area contributed by atoms with Crippen LogP contribution in [-0.4, -0.2) is 13.1 Å². The van der Waals surface area contributed by atoms with Gasteiger partial charge in [-0.1, -0.05) is 32.1 Å². The Labute approximate surface area is 82.3 Å². The molecule has 0 heterocycles. The molecule has 0 aromatic carbocycles. The summed E-state index contributed by atoms with van der Waals surface area (Å²) in [4.78, 5) is 0. The molecule has 2 aliphatic rings. The van der Waals surface area contributed by atoms with Crippen molar-refractivity contribution in [3.8, 4) is 0 Å². The molecule has 2 fully saturated rings. The summed E-state index contributed by atoms with van der Waals surface area (Å²) in [6.07, 6.45) is 11.9. The highest BCUT2D eigenvalue weighted by Gasteiger charge is 2.25. The second kappa shape index (κ2) is 4.45. The predicted octanol–water partition coefficient (Wildman–Crippen LogP) is 2.95. The topological polar surface area (TPSA) is 12.0 Å². The maximum atomic E-state index is 3.48. The van der Waals surface area contributed by atoms with E-state index in [-0.39, 0.29) is 0 Å². The largest absolute Gasteiger partial charge is 0.317 e. The molecule has 0 radical (unpaired) electrons. The number of hydrogen-bond donors (Lipinski definition) is 1. The van der Waals surface area contributed by atoms with Gasteiger partial charge in [0, 0.05) is 6.04 Å². The molecule has 0 aromatic rings. The quantitative estimate of drug-likeness (QED) is 0.664. The molecule has 0 aromatic heterocycles. The van der Waals surface area contributed by atoms with E-state index in [2.05, 4.69) is 12.4 Å². The third-order valence-corrected chi connectivity index (χ3v) is 3.87. The van der Waals surface area contributed by atoms with Gasteiger partial charge >= 0.3 is 0 Å². The molecule has 0 saturated heterocycles. The number of rotatable bonds is 6. The van der Waals surface area contributed by atoms with E-state index in [1.54, 1.807) is 0 Å². The predicted molar refractivity (Wildman–Crippen MR) is 56.8 cm³/mol. The Morgan fingerprint density at radius 1 is 1.15 bits per heavy atom. The van der Waals surface area contributed by atoms with Crippen LogP contribution >= 0.6 is 0 Å². The summed E-state index contributed by atoms with van der Waals surface area (Å²) in [6.45, 7) is 0. The van der Waals surface area contributed by atoms with Crippen LogP contribution in [0.25, 0.3) is 0 Å². The van der Waals surface area contributed by atoms with Crippen molar-refractivity contribution in [2.45, 2.75) is 57.4 Å². The van der Waals surface area contributed by atoms with Gasteiger partial charge < -0.3 is 5.32 Å². The van der Waals surface area contributed by atoms with E-state index < -0.39 is 0 Å². The third kappa shape index (κ3) is 2.98. The molecule has 0 aliphatic heterocycles. The smallest absolute Gasteiger partial charge is 0.00668 e. The first-order valence-electron chi connectivity index (χ1n) is 6.05. The van der Waals surface area contributed by atoms with Crippen LogP contribution in [0.3, 0.4) is 0 Å². The molecular weight excluding hydrogens is 158 g/mol. The highest BCUT2D eigenvalue weighted by Crippen LogP contribution is 2.36. The molecule has 1 nitrogen and oxygen atoms in total. The Bertz CT molecular complexity index is 147. The zero-order valence-electron chi connectivity index (χ0n) is 8.89. The summed E-state index contributed by atoms with van der Waals surface area (Å²) in [5, 5.41) is 3.48. The molecule has 2 saturated carbocycles. The van der Waals surface area contributed by atoms with Gasteiger partial charge in [-0.2, -0.15) is 0 Å². The normalized spacial score (nSPS) is 25.6. The number of nitrogens with one attached hydrogen (secondary N) is 1. The minimum atomic E-state index is 0.825. The van der Waals surface area contributed by atoms with Crippen LogP contribution in [0.2, 0.25) is 0 Å². The van der Waals surface area contributed by atoms with E-state index in [0.29, 0.717) is 0 Å². The van der Waals surface area contributed by atoms with Crippen LogP contribution in [0.1, 0.15) is 51.4 Å². The van der Waals surface area contributed by atoms with Gasteiger partial charge in [0.15, 0.2) is 0 Å². The molecule has 0 amide bonds. The zero-order valence-corrected chi connectivity index (χ0v) is 8.89. The monoisotopic (exact) mass is 181 g/mol. The molecule has 0 spiro atoms. The SMILES string of the molecule is CNC(CCC1CC1)CC1CCC1. The second-order valence-corrected chi connectivity index (χ2v) is 5.04. The van der Waals surface area contributed by atoms with Crippen molar-refractivity contribution < 1.29 is 0 Å². The average Bonchev–Trinajstić information content (AvgIpc) is 2.85. The van der Waals surface area contributed by atoms with Crippen LogP contribution in [0.5, 0.6) is 0 Å². The lowest BCUT2D eigenvalue weighted by atomic mass is 9.80. The van der Waals surface area contributed by atoms with Gasteiger partial charge in [-0.3, -0.25) is 0 Å². The minimum absolute atomic E-state index is 0.825. The second-order valence-electron chi connectivity index (χ2n) is 5.04. The zero-order chi connectivity index (χ0) is 9.10. The maximum absolute atomic E-state index is 3.48. The minimum Gasteiger partial charge on any atom is -0.317 e.